The van der Waals surface area contributed by atoms with Gasteiger partial charge in [0.1, 0.15) is 0 Å². The molecule has 1 unspecified atom stereocenters. The fourth-order valence-electron chi connectivity index (χ4n) is 9.48. The molecule has 0 spiro atoms. The van der Waals surface area contributed by atoms with Gasteiger partial charge in [0.05, 0.1) is 12.2 Å². The second-order valence-corrected chi connectivity index (χ2v) is 12.0. The minimum atomic E-state index is -0.683. The van der Waals surface area contributed by atoms with Crippen LogP contribution in [0.2, 0.25) is 0 Å². The van der Waals surface area contributed by atoms with E-state index < -0.39 is 5.97 Å². The van der Waals surface area contributed by atoms with E-state index in [1.54, 1.807) is 0 Å². The minimum absolute atomic E-state index is 0.194. The number of aliphatic hydroxyl groups excluding tert-OH is 2. The van der Waals surface area contributed by atoms with Gasteiger partial charge in [-0.3, -0.25) is 4.79 Å². The van der Waals surface area contributed by atoms with Gasteiger partial charge in [0.15, 0.2) is 0 Å². The number of carboxylic acid groups (broad SMARTS) is 1. The summed E-state index contributed by atoms with van der Waals surface area (Å²) in [5.74, 6) is 2.58. The highest BCUT2D eigenvalue weighted by atomic mass is 16.4. The first kappa shape index (κ1) is 22.6. The van der Waals surface area contributed by atoms with Gasteiger partial charge in [-0.1, -0.05) is 34.1 Å². The van der Waals surface area contributed by atoms with Crippen molar-refractivity contribution >= 4 is 5.97 Å². The van der Waals surface area contributed by atoms with Gasteiger partial charge in [-0.2, -0.15) is 0 Å². The predicted octanol–water partition coefficient (Wildman–Crippen LogP) is 5.11. The van der Waals surface area contributed by atoms with Crippen molar-refractivity contribution in [3.63, 3.8) is 0 Å². The van der Waals surface area contributed by atoms with E-state index in [1.807, 2.05) is 0 Å². The third-order valence-electron chi connectivity index (χ3n) is 11.0. The molecule has 4 fully saturated rings. The van der Waals surface area contributed by atoms with Gasteiger partial charge in [0.2, 0.25) is 0 Å². The van der Waals surface area contributed by atoms with Gasteiger partial charge in [-0.15, -0.1) is 0 Å². The Hall–Kier alpha value is -0.610. The first-order valence-electron chi connectivity index (χ1n) is 12.7. The molecule has 4 nitrogen and oxygen atoms in total. The van der Waals surface area contributed by atoms with E-state index >= 15 is 0 Å². The Balaban J connectivity index is 1.61. The van der Waals surface area contributed by atoms with Crippen molar-refractivity contribution in [3.8, 4) is 0 Å². The molecule has 0 aromatic carbocycles. The molecule has 0 amide bonds. The Labute approximate surface area is 182 Å². The van der Waals surface area contributed by atoms with E-state index in [9.17, 15) is 15.0 Å². The molecule has 0 radical (unpaired) electrons. The Morgan fingerprint density at radius 3 is 2.33 bits per heavy atom. The average Bonchev–Trinajstić information content (AvgIpc) is 3.05. The average molecular weight is 421 g/mol. The molecule has 4 aliphatic carbocycles. The summed E-state index contributed by atoms with van der Waals surface area (Å²) in [6, 6.07) is 0. The molecule has 0 heterocycles. The third-order valence-corrected chi connectivity index (χ3v) is 11.0. The summed E-state index contributed by atoms with van der Waals surface area (Å²) in [4.78, 5) is 11.1. The van der Waals surface area contributed by atoms with Crippen LogP contribution < -0.4 is 0 Å². The monoisotopic (exact) mass is 420 g/mol. The molecule has 0 aromatic rings. The summed E-state index contributed by atoms with van der Waals surface area (Å²) in [7, 11) is 0. The lowest BCUT2D eigenvalue weighted by Crippen LogP contribution is -2.62. The van der Waals surface area contributed by atoms with E-state index in [1.165, 1.54) is 25.7 Å². The van der Waals surface area contributed by atoms with Crippen LogP contribution in [0.25, 0.3) is 0 Å². The number of aliphatic carboxylic acids is 1. The number of hydrogen-bond acceptors (Lipinski definition) is 3. The van der Waals surface area contributed by atoms with Gasteiger partial charge in [0.25, 0.3) is 0 Å². The Morgan fingerprint density at radius 2 is 1.67 bits per heavy atom. The highest BCUT2D eigenvalue weighted by molar-refractivity contribution is 5.66. The van der Waals surface area contributed by atoms with Gasteiger partial charge in [-0.05, 0) is 104 Å². The number of carboxylic acids is 1. The lowest BCUT2D eigenvalue weighted by atomic mass is 9.41. The Bertz CT molecular complexity index is 649. The van der Waals surface area contributed by atoms with Crippen molar-refractivity contribution in [2.24, 2.45) is 52.3 Å². The Morgan fingerprint density at radius 1 is 1.00 bits per heavy atom. The van der Waals surface area contributed by atoms with Gasteiger partial charge in [0, 0.05) is 6.42 Å². The van der Waals surface area contributed by atoms with Crippen molar-refractivity contribution in [2.45, 2.75) is 104 Å². The molecule has 3 N–H and O–H groups in total. The standard InChI is InChI=1S/C26H44O4/c1-5-17-21-14-16(27)10-12-26(21,4)20-11-13-25(3)18(15(2)6-9-22(28)29)7-8-19(25)23(20)24(17)30/h15-21,23-24,27,30H,5-14H2,1-4H3,(H,28,29)/t15?,16-,17-,18-,19+,20+,21+,23+,24-,25-,26-/m1/s1. The molecule has 0 aliphatic heterocycles. The molecule has 4 saturated carbocycles. The first-order chi connectivity index (χ1) is 14.1. The number of hydrogen-bond donors (Lipinski definition) is 3. The third kappa shape index (κ3) is 3.36. The predicted molar refractivity (Wildman–Crippen MR) is 118 cm³/mol. The summed E-state index contributed by atoms with van der Waals surface area (Å²) in [6.07, 6.45) is 9.27. The lowest BCUT2D eigenvalue weighted by Gasteiger charge is -2.64. The topological polar surface area (TPSA) is 77.8 Å². The van der Waals surface area contributed by atoms with Crippen LogP contribution in [0, 0.1) is 52.3 Å². The smallest absolute Gasteiger partial charge is 0.303 e. The maximum atomic E-state index is 11.7. The first-order valence-corrected chi connectivity index (χ1v) is 12.7. The SMILES string of the molecule is CC[C@H]1[C@@H](O)[C@@H]2[C@H](CC[C@]3(C)[C@@H](C(C)CCC(=O)O)CC[C@@H]23)[C@@]2(C)CC[C@@H](O)C[C@@H]12. The van der Waals surface area contributed by atoms with Crippen molar-refractivity contribution in [2.75, 3.05) is 0 Å². The number of carbonyl (C=O) groups is 1. The second-order valence-electron chi connectivity index (χ2n) is 12.0. The fraction of sp³-hybridized carbons (Fsp3) is 0.962. The summed E-state index contributed by atoms with van der Waals surface area (Å²) < 4.78 is 0. The fourth-order valence-corrected chi connectivity index (χ4v) is 9.48. The van der Waals surface area contributed by atoms with Crippen LogP contribution in [0.3, 0.4) is 0 Å². The molecule has 30 heavy (non-hydrogen) atoms. The van der Waals surface area contributed by atoms with Crippen LogP contribution in [0.4, 0.5) is 0 Å². The maximum absolute atomic E-state index is 11.7. The highest BCUT2D eigenvalue weighted by Crippen LogP contribution is 2.69. The highest BCUT2D eigenvalue weighted by Gasteiger charge is 2.64. The summed E-state index contributed by atoms with van der Waals surface area (Å²) in [5.41, 5.74) is 0.480. The molecule has 4 heteroatoms. The molecular formula is C26H44O4. The van der Waals surface area contributed by atoms with Crippen LogP contribution in [0.1, 0.15) is 91.9 Å². The zero-order valence-corrected chi connectivity index (χ0v) is 19.5. The van der Waals surface area contributed by atoms with Crippen molar-refractivity contribution < 1.29 is 20.1 Å². The molecule has 11 atom stereocenters. The maximum Gasteiger partial charge on any atom is 0.303 e. The quantitative estimate of drug-likeness (QED) is 0.577. The summed E-state index contributed by atoms with van der Waals surface area (Å²) in [5, 5.41) is 31.3. The molecule has 4 aliphatic rings. The molecule has 0 aromatic heterocycles. The van der Waals surface area contributed by atoms with Crippen LogP contribution in [0.5, 0.6) is 0 Å². The van der Waals surface area contributed by atoms with Crippen molar-refractivity contribution in [3.05, 3.63) is 0 Å². The molecule has 4 rings (SSSR count). The van der Waals surface area contributed by atoms with Crippen LogP contribution in [-0.2, 0) is 4.79 Å². The van der Waals surface area contributed by atoms with E-state index in [0.29, 0.717) is 41.4 Å². The van der Waals surface area contributed by atoms with Crippen molar-refractivity contribution in [1.29, 1.82) is 0 Å². The zero-order chi connectivity index (χ0) is 21.8. The van der Waals surface area contributed by atoms with Crippen LogP contribution >= 0.6 is 0 Å². The zero-order valence-electron chi connectivity index (χ0n) is 19.5. The van der Waals surface area contributed by atoms with Gasteiger partial charge < -0.3 is 15.3 Å². The molecule has 172 valence electrons. The number of rotatable bonds is 5. The van der Waals surface area contributed by atoms with E-state index in [-0.39, 0.29) is 29.5 Å². The lowest BCUT2D eigenvalue weighted by molar-refractivity contribution is -0.203. The normalized spacial score (nSPS) is 51.5. The van der Waals surface area contributed by atoms with E-state index in [0.717, 1.165) is 32.1 Å². The molecule has 0 saturated heterocycles. The number of fused-ring (bicyclic) bond motifs is 5. The Kier molecular flexibility index (Phi) is 6.07. The van der Waals surface area contributed by atoms with Crippen molar-refractivity contribution in [1.82, 2.24) is 0 Å². The largest absolute Gasteiger partial charge is 0.481 e. The number of aliphatic hydroxyl groups is 2. The summed E-state index contributed by atoms with van der Waals surface area (Å²) >= 11 is 0. The second kappa shape index (κ2) is 8.06. The van der Waals surface area contributed by atoms with E-state index in [2.05, 4.69) is 27.7 Å². The minimum Gasteiger partial charge on any atom is -0.481 e. The van der Waals surface area contributed by atoms with Crippen LogP contribution in [0.15, 0.2) is 0 Å². The van der Waals surface area contributed by atoms with E-state index in [4.69, 9.17) is 5.11 Å². The molecule has 0 bridgehead atoms. The summed E-state index contributed by atoms with van der Waals surface area (Å²) in [6.45, 7) is 9.44. The van der Waals surface area contributed by atoms with Crippen LogP contribution in [-0.4, -0.2) is 33.5 Å². The van der Waals surface area contributed by atoms with Gasteiger partial charge >= 0.3 is 5.97 Å². The van der Waals surface area contributed by atoms with Gasteiger partial charge in [-0.25, -0.2) is 0 Å². The molecular weight excluding hydrogens is 376 g/mol.